The zero-order chi connectivity index (χ0) is 13.1. The maximum absolute atomic E-state index is 11.5. The molecular weight excluding hydrogens is 236 g/mol. The highest BCUT2D eigenvalue weighted by atomic mass is 16.5. The molecule has 0 aliphatic heterocycles. The van der Waals surface area contributed by atoms with E-state index in [0.717, 1.165) is 12.2 Å². The van der Waals surface area contributed by atoms with Crippen LogP contribution in [0.1, 0.15) is 30.1 Å². The zero-order valence-electron chi connectivity index (χ0n) is 10.2. The summed E-state index contributed by atoms with van der Waals surface area (Å²) in [5.74, 6) is 0.744. The summed E-state index contributed by atoms with van der Waals surface area (Å²) in [5.41, 5.74) is 5.55. The topological polar surface area (TPSA) is 91.5 Å². The summed E-state index contributed by atoms with van der Waals surface area (Å²) in [6.45, 7) is 3.92. The lowest BCUT2D eigenvalue weighted by Crippen LogP contribution is -2.07. The number of furan rings is 1. The third kappa shape index (κ3) is 2.22. The summed E-state index contributed by atoms with van der Waals surface area (Å²) < 4.78 is 15.5. The van der Waals surface area contributed by atoms with E-state index in [1.54, 1.807) is 13.0 Å². The SMILES string of the molecule is CCOC(=O)c1nc(-c2ccc(CC)o2)oc1N. The van der Waals surface area contributed by atoms with Crippen molar-refractivity contribution in [3.8, 4) is 11.7 Å². The maximum atomic E-state index is 11.5. The van der Waals surface area contributed by atoms with Gasteiger partial charge in [0.25, 0.3) is 5.89 Å². The molecule has 0 aliphatic rings. The second kappa shape index (κ2) is 4.95. The van der Waals surface area contributed by atoms with Crippen molar-refractivity contribution in [3.63, 3.8) is 0 Å². The molecule has 96 valence electrons. The minimum Gasteiger partial charge on any atom is -0.461 e. The molecule has 0 saturated carbocycles. The fraction of sp³-hybridized carbons (Fsp3) is 0.333. The van der Waals surface area contributed by atoms with Crippen LogP contribution in [0.25, 0.3) is 11.7 Å². The van der Waals surface area contributed by atoms with Crippen LogP contribution in [0, 0.1) is 0 Å². The number of aromatic nitrogens is 1. The van der Waals surface area contributed by atoms with E-state index in [0.29, 0.717) is 5.76 Å². The fourth-order valence-electron chi connectivity index (χ4n) is 1.47. The molecule has 6 heteroatoms. The molecule has 0 atom stereocenters. The maximum Gasteiger partial charge on any atom is 0.362 e. The standard InChI is InChI=1S/C12H14N2O4/c1-3-7-5-6-8(17-7)11-14-9(10(13)18-11)12(15)16-4-2/h5-6H,3-4,13H2,1-2H3. The van der Waals surface area contributed by atoms with Crippen molar-refractivity contribution in [3.05, 3.63) is 23.6 Å². The molecule has 0 aromatic carbocycles. The number of carbonyl (C=O) groups is 1. The van der Waals surface area contributed by atoms with Gasteiger partial charge in [-0.25, -0.2) is 4.79 Å². The Kier molecular flexibility index (Phi) is 3.36. The summed E-state index contributed by atoms with van der Waals surface area (Å²) >= 11 is 0. The monoisotopic (exact) mass is 250 g/mol. The predicted molar refractivity (Wildman–Crippen MR) is 64.0 cm³/mol. The quantitative estimate of drug-likeness (QED) is 0.837. The highest BCUT2D eigenvalue weighted by molar-refractivity contribution is 5.92. The zero-order valence-corrected chi connectivity index (χ0v) is 10.2. The Morgan fingerprint density at radius 3 is 2.78 bits per heavy atom. The van der Waals surface area contributed by atoms with E-state index in [4.69, 9.17) is 19.3 Å². The van der Waals surface area contributed by atoms with Crippen molar-refractivity contribution in [2.45, 2.75) is 20.3 Å². The average molecular weight is 250 g/mol. The van der Waals surface area contributed by atoms with Gasteiger partial charge in [0.1, 0.15) is 5.76 Å². The van der Waals surface area contributed by atoms with Gasteiger partial charge in [-0.2, -0.15) is 4.98 Å². The van der Waals surface area contributed by atoms with E-state index in [-0.39, 0.29) is 24.1 Å². The molecule has 0 bridgehead atoms. The third-order valence-electron chi connectivity index (χ3n) is 2.34. The fourth-order valence-corrected chi connectivity index (χ4v) is 1.47. The molecule has 0 fully saturated rings. The van der Waals surface area contributed by atoms with Crippen LogP contribution in [0.2, 0.25) is 0 Å². The number of hydrogen-bond acceptors (Lipinski definition) is 6. The molecule has 0 spiro atoms. The van der Waals surface area contributed by atoms with Gasteiger partial charge in [0.05, 0.1) is 6.61 Å². The summed E-state index contributed by atoms with van der Waals surface area (Å²) in [6.07, 6.45) is 0.765. The number of esters is 1. The molecule has 0 saturated heterocycles. The second-order valence-corrected chi connectivity index (χ2v) is 3.57. The molecule has 0 unspecified atom stereocenters. The molecule has 2 aromatic rings. The predicted octanol–water partition coefficient (Wildman–Crippen LogP) is 2.26. The van der Waals surface area contributed by atoms with Gasteiger partial charge in [0.2, 0.25) is 11.6 Å². The van der Waals surface area contributed by atoms with Crippen LogP contribution >= 0.6 is 0 Å². The van der Waals surface area contributed by atoms with Gasteiger partial charge in [-0.15, -0.1) is 0 Å². The number of aryl methyl sites for hydroxylation is 1. The lowest BCUT2D eigenvalue weighted by Gasteiger charge is -1.96. The Balaban J connectivity index is 2.30. The molecular formula is C12H14N2O4. The number of carbonyl (C=O) groups excluding carboxylic acids is 1. The van der Waals surface area contributed by atoms with Gasteiger partial charge in [0, 0.05) is 6.42 Å². The molecule has 2 aromatic heterocycles. The largest absolute Gasteiger partial charge is 0.461 e. The summed E-state index contributed by atoms with van der Waals surface area (Å²) in [7, 11) is 0. The molecule has 2 rings (SSSR count). The van der Waals surface area contributed by atoms with E-state index in [1.165, 1.54) is 0 Å². The van der Waals surface area contributed by atoms with Gasteiger partial charge in [-0.3, -0.25) is 0 Å². The molecule has 0 aliphatic carbocycles. The Labute approximate surface area is 104 Å². The van der Waals surface area contributed by atoms with Gasteiger partial charge in [0.15, 0.2) is 5.76 Å². The van der Waals surface area contributed by atoms with Crippen molar-refractivity contribution in [1.82, 2.24) is 4.98 Å². The summed E-state index contributed by atoms with van der Waals surface area (Å²) in [5, 5.41) is 0. The minimum atomic E-state index is -0.604. The first-order chi connectivity index (χ1) is 8.65. The van der Waals surface area contributed by atoms with E-state index >= 15 is 0 Å². The number of anilines is 1. The highest BCUT2D eigenvalue weighted by Crippen LogP contribution is 2.26. The third-order valence-corrected chi connectivity index (χ3v) is 2.34. The molecule has 2 N–H and O–H groups in total. The van der Waals surface area contributed by atoms with Crippen molar-refractivity contribution in [1.29, 1.82) is 0 Å². The van der Waals surface area contributed by atoms with Crippen LogP contribution in [-0.4, -0.2) is 17.6 Å². The normalized spacial score (nSPS) is 10.6. The van der Waals surface area contributed by atoms with Gasteiger partial charge in [-0.1, -0.05) is 6.92 Å². The number of hydrogen-bond donors (Lipinski definition) is 1. The number of nitrogen functional groups attached to an aromatic ring is 1. The molecule has 2 heterocycles. The van der Waals surface area contributed by atoms with E-state index in [9.17, 15) is 4.79 Å². The number of nitrogens with zero attached hydrogens (tertiary/aromatic N) is 1. The molecule has 18 heavy (non-hydrogen) atoms. The van der Waals surface area contributed by atoms with Crippen molar-refractivity contribution in [2.24, 2.45) is 0 Å². The Morgan fingerprint density at radius 2 is 2.17 bits per heavy atom. The highest BCUT2D eigenvalue weighted by Gasteiger charge is 2.21. The second-order valence-electron chi connectivity index (χ2n) is 3.57. The first kappa shape index (κ1) is 12.2. The lowest BCUT2D eigenvalue weighted by molar-refractivity contribution is 0.0521. The van der Waals surface area contributed by atoms with Crippen LogP contribution in [-0.2, 0) is 11.2 Å². The number of rotatable bonds is 4. The van der Waals surface area contributed by atoms with Crippen LogP contribution in [0.4, 0.5) is 5.88 Å². The number of nitrogens with two attached hydrogens (primary N) is 1. The Bertz CT molecular complexity index is 556. The van der Waals surface area contributed by atoms with Crippen LogP contribution in [0.3, 0.4) is 0 Å². The van der Waals surface area contributed by atoms with Crippen molar-refractivity contribution in [2.75, 3.05) is 12.3 Å². The van der Waals surface area contributed by atoms with Crippen LogP contribution in [0.5, 0.6) is 0 Å². The average Bonchev–Trinajstić information content (AvgIpc) is 2.95. The van der Waals surface area contributed by atoms with Crippen LogP contribution in [0.15, 0.2) is 21.0 Å². The Hall–Kier alpha value is -2.24. The Morgan fingerprint density at radius 1 is 1.39 bits per heavy atom. The number of ether oxygens (including phenoxy) is 1. The molecule has 0 radical (unpaired) electrons. The molecule has 0 amide bonds. The first-order valence-electron chi connectivity index (χ1n) is 5.68. The summed E-state index contributed by atoms with van der Waals surface area (Å²) in [4.78, 5) is 15.5. The van der Waals surface area contributed by atoms with Crippen molar-refractivity contribution < 1.29 is 18.4 Å². The van der Waals surface area contributed by atoms with Gasteiger partial charge >= 0.3 is 5.97 Å². The smallest absolute Gasteiger partial charge is 0.362 e. The minimum absolute atomic E-state index is 0.0266. The van der Waals surface area contributed by atoms with Crippen molar-refractivity contribution >= 4 is 11.9 Å². The van der Waals surface area contributed by atoms with E-state index < -0.39 is 5.97 Å². The lowest BCUT2D eigenvalue weighted by atomic mass is 10.3. The van der Waals surface area contributed by atoms with Crippen LogP contribution < -0.4 is 5.73 Å². The van der Waals surface area contributed by atoms with Gasteiger partial charge < -0.3 is 19.3 Å². The van der Waals surface area contributed by atoms with E-state index in [2.05, 4.69) is 4.98 Å². The van der Waals surface area contributed by atoms with E-state index in [1.807, 2.05) is 13.0 Å². The van der Waals surface area contributed by atoms with Gasteiger partial charge in [-0.05, 0) is 19.1 Å². The number of oxazole rings is 1. The molecule has 6 nitrogen and oxygen atoms in total. The first-order valence-corrected chi connectivity index (χ1v) is 5.68. The summed E-state index contributed by atoms with van der Waals surface area (Å²) in [6, 6.07) is 3.54.